The van der Waals surface area contributed by atoms with Crippen molar-refractivity contribution in [2.45, 2.75) is 19.9 Å². The minimum absolute atomic E-state index is 0.0238. The molecule has 0 aliphatic heterocycles. The van der Waals surface area contributed by atoms with Crippen molar-refractivity contribution in [1.82, 2.24) is 0 Å². The van der Waals surface area contributed by atoms with Crippen molar-refractivity contribution in [3.8, 4) is 6.07 Å². The molecule has 1 N–H and O–H groups in total. The molecule has 0 heterocycles. The summed E-state index contributed by atoms with van der Waals surface area (Å²) < 4.78 is 0. The van der Waals surface area contributed by atoms with E-state index in [4.69, 9.17) is 16.9 Å². The summed E-state index contributed by atoms with van der Waals surface area (Å²) in [7, 11) is 0. The van der Waals surface area contributed by atoms with Gasteiger partial charge in [0.15, 0.2) is 0 Å². The largest absolute Gasteiger partial charge is 0.376 e. The Morgan fingerprint density at radius 2 is 2.19 bits per heavy atom. The first-order valence-electron chi connectivity index (χ1n) is 4.61. The van der Waals surface area contributed by atoms with E-state index in [0.29, 0.717) is 0 Å². The quantitative estimate of drug-likeness (QED) is 0.650. The minimum atomic E-state index is -0.540. The van der Waals surface area contributed by atoms with Crippen molar-refractivity contribution in [2.75, 3.05) is 5.32 Å². The van der Waals surface area contributed by atoms with Gasteiger partial charge in [-0.25, -0.2) is 0 Å². The smallest absolute Gasteiger partial charge is 0.293 e. The summed E-state index contributed by atoms with van der Waals surface area (Å²) in [5, 5.41) is 22.8. The fourth-order valence-corrected chi connectivity index (χ4v) is 1.46. The molecule has 16 heavy (non-hydrogen) atoms. The Morgan fingerprint density at radius 3 is 2.62 bits per heavy atom. The van der Waals surface area contributed by atoms with Gasteiger partial charge in [-0.15, -0.1) is 0 Å². The van der Waals surface area contributed by atoms with E-state index in [-0.39, 0.29) is 28.0 Å². The maximum absolute atomic E-state index is 10.8. The van der Waals surface area contributed by atoms with Crippen LogP contribution in [0.4, 0.5) is 11.4 Å². The van der Waals surface area contributed by atoms with E-state index in [1.54, 1.807) is 0 Å². The molecule has 5 nitrogen and oxygen atoms in total. The van der Waals surface area contributed by atoms with Gasteiger partial charge in [0.05, 0.1) is 9.95 Å². The van der Waals surface area contributed by atoms with E-state index in [2.05, 4.69) is 5.32 Å². The number of hydrogen-bond acceptors (Lipinski definition) is 4. The maximum Gasteiger partial charge on any atom is 0.293 e. The first kappa shape index (κ1) is 12.3. The summed E-state index contributed by atoms with van der Waals surface area (Å²) in [6.45, 7) is 3.65. The molecule has 0 aliphatic rings. The number of anilines is 1. The number of hydrogen-bond donors (Lipinski definition) is 1. The Balaban J connectivity index is 3.42. The topological polar surface area (TPSA) is 79.0 Å². The van der Waals surface area contributed by atoms with Gasteiger partial charge in [0.25, 0.3) is 5.69 Å². The van der Waals surface area contributed by atoms with E-state index in [0.717, 1.165) is 0 Å². The minimum Gasteiger partial charge on any atom is -0.376 e. The third-order valence-electron chi connectivity index (χ3n) is 1.87. The van der Waals surface area contributed by atoms with Crippen molar-refractivity contribution in [2.24, 2.45) is 0 Å². The zero-order valence-electron chi connectivity index (χ0n) is 8.82. The molecule has 84 valence electrons. The monoisotopic (exact) mass is 239 g/mol. The Hall–Kier alpha value is -1.80. The molecule has 0 amide bonds. The highest BCUT2D eigenvalue weighted by Crippen LogP contribution is 2.33. The predicted molar refractivity (Wildman–Crippen MR) is 61.6 cm³/mol. The van der Waals surface area contributed by atoms with Crippen LogP contribution in [0.2, 0.25) is 5.02 Å². The first-order valence-corrected chi connectivity index (χ1v) is 4.98. The van der Waals surface area contributed by atoms with Gasteiger partial charge < -0.3 is 5.32 Å². The molecule has 0 radical (unpaired) electrons. The van der Waals surface area contributed by atoms with Gasteiger partial charge in [-0.2, -0.15) is 5.26 Å². The van der Waals surface area contributed by atoms with Crippen LogP contribution in [0, 0.1) is 21.4 Å². The van der Waals surface area contributed by atoms with Crippen LogP contribution in [-0.4, -0.2) is 11.0 Å². The summed E-state index contributed by atoms with van der Waals surface area (Å²) in [6.07, 6.45) is 0. The second kappa shape index (κ2) is 4.81. The molecule has 0 aliphatic carbocycles. The lowest BCUT2D eigenvalue weighted by atomic mass is 10.1. The van der Waals surface area contributed by atoms with E-state index in [1.807, 2.05) is 19.9 Å². The van der Waals surface area contributed by atoms with Gasteiger partial charge in [-0.05, 0) is 19.9 Å². The summed E-state index contributed by atoms with van der Waals surface area (Å²) in [5.41, 5.74) is 0.134. The second-order valence-corrected chi connectivity index (χ2v) is 3.89. The molecule has 0 fully saturated rings. The molecule has 0 saturated heterocycles. The van der Waals surface area contributed by atoms with Crippen molar-refractivity contribution < 1.29 is 4.92 Å². The lowest BCUT2D eigenvalue weighted by Gasteiger charge is -2.12. The molecular formula is C10H10ClN3O2. The van der Waals surface area contributed by atoms with E-state index in [1.165, 1.54) is 12.1 Å². The molecule has 0 atom stereocenters. The number of rotatable bonds is 3. The molecule has 1 aromatic carbocycles. The standard InChI is InChI=1S/C10H10ClN3O2/c1-6(2)13-10-7(5-12)8(11)3-4-9(10)14(15)16/h3-4,6,13H,1-2H3. The predicted octanol–water partition coefficient (Wildman–Crippen LogP) is 2.94. The average molecular weight is 240 g/mol. The van der Waals surface area contributed by atoms with E-state index in [9.17, 15) is 10.1 Å². The lowest BCUT2D eigenvalue weighted by Crippen LogP contribution is -2.12. The highest BCUT2D eigenvalue weighted by molar-refractivity contribution is 6.32. The van der Waals surface area contributed by atoms with Gasteiger partial charge in [0, 0.05) is 12.1 Å². The fraction of sp³-hybridized carbons (Fsp3) is 0.300. The summed E-state index contributed by atoms with van der Waals surface area (Å²) in [4.78, 5) is 10.3. The molecule has 1 rings (SSSR count). The molecule has 1 aromatic rings. The molecule has 0 bridgehead atoms. The number of benzene rings is 1. The lowest BCUT2D eigenvalue weighted by molar-refractivity contribution is -0.384. The Kier molecular flexibility index (Phi) is 3.69. The van der Waals surface area contributed by atoms with Crippen LogP contribution in [0.3, 0.4) is 0 Å². The Bertz CT molecular complexity index is 466. The van der Waals surface area contributed by atoms with Crippen LogP contribution < -0.4 is 5.32 Å². The van der Waals surface area contributed by atoms with Crippen LogP contribution in [0.25, 0.3) is 0 Å². The molecule has 0 aromatic heterocycles. The molecule has 0 saturated carbocycles. The van der Waals surface area contributed by atoms with E-state index >= 15 is 0 Å². The van der Waals surface area contributed by atoms with Gasteiger partial charge in [0.2, 0.25) is 0 Å². The molecule has 6 heteroatoms. The molecule has 0 unspecified atom stereocenters. The van der Waals surface area contributed by atoms with Gasteiger partial charge in [-0.3, -0.25) is 10.1 Å². The number of nitro benzene ring substituents is 1. The SMILES string of the molecule is CC(C)Nc1c([N+](=O)[O-])ccc(Cl)c1C#N. The summed E-state index contributed by atoms with van der Waals surface area (Å²) >= 11 is 5.80. The zero-order valence-corrected chi connectivity index (χ0v) is 9.58. The van der Waals surface area contributed by atoms with Crippen LogP contribution in [0.15, 0.2) is 12.1 Å². The molecular weight excluding hydrogens is 230 g/mol. The van der Waals surface area contributed by atoms with Gasteiger partial charge in [-0.1, -0.05) is 11.6 Å². The average Bonchev–Trinajstić information content (AvgIpc) is 2.16. The fourth-order valence-electron chi connectivity index (χ4n) is 1.26. The van der Waals surface area contributed by atoms with Gasteiger partial charge in [0.1, 0.15) is 17.3 Å². The van der Waals surface area contributed by atoms with Crippen LogP contribution in [0.1, 0.15) is 19.4 Å². The first-order chi connectivity index (χ1) is 7.47. The summed E-state index contributed by atoms with van der Waals surface area (Å²) in [6, 6.07) is 4.48. The normalized spacial score (nSPS) is 9.94. The van der Waals surface area contributed by atoms with Crippen molar-refractivity contribution >= 4 is 23.0 Å². The van der Waals surface area contributed by atoms with Crippen LogP contribution >= 0.6 is 11.6 Å². The third-order valence-corrected chi connectivity index (χ3v) is 2.19. The number of nitriles is 1. The maximum atomic E-state index is 10.8. The van der Waals surface area contributed by atoms with Crippen molar-refractivity contribution in [3.05, 3.63) is 32.8 Å². The van der Waals surface area contributed by atoms with Crippen LogP contribution in [-0.2, 0) is 0 Å². The Labute approximate surface area is 97.8 Å². The number of halogens is 1. The second-order valence-electron chi connectivity index (χ2n) is 3.48. The van der Waals surface area contributed by atoms with Crippen LogP contribution in [0.5, 0.6) is 0 Å². The number of nitro groups is 1. The zero-order chi connectivity index (χ0) is 12.3. The highest BCUT2D eigenvalue weighted by atomic mass is 35.5. The molecule has 0 spiro atoms. The number of nitrogens with one attached hydrogen (secondary N) is 1. The van der Waals surface area contributed by atoms with Gasteiger partial charge >= 0.3 is 0 Å². The number of nitrogens with zero attached hydrogens (tertiary/aromatic N) is 2. The Morgan fingerprint density at radius 1 is 1.56 bits per heavy atom. The highest BCUT2D eigenvalue weighted by Gasteiger charge is 2.20. The summed E-state index contributed by atoms with van der Waals surface area (Å²) in [5.74, 6) is 0. The van der Waals surface area contributed by atoms with Crippen molar-refractivity contribution in [3.63, 3.8) is 0 Å². The third kappa shape index (κ3) is 2.41. The van der Waals surface area contributed by atoms with E-state index < -0.39 is 4.92 Å². The van der Waals surface area contributed by atoms with Crippen molar-refractivity contribution in [1.29, 1.82) is 5.26 Å².